The molecule has 0 aliphatic rings. The van der Waals surface area contributed by atoms with Crippen molar-refractivity contribution in [1.82, 2.24) is 5.32 Å². The van der Waals surface area contributed by atoms with Gasteiger partial charge in [-0.15, -0.1) is 0 Å². The molecule has 3 aromatic carbocycles. The molecule has 0 aliphatic heterocycles. The van der Waals surface area contributed by atoms with Gasteiger partial charge < -0.3 is 24.8 Å². The molecule has 180 valence electrons. The summed E-state index contributed by atoms with van der Waals surface area (Å²) >= 11 is 3.62. The number of rotatable bonds is 12. The van der Waals surface area contributed by atoms with Crippen LogP contribution in [0.4, 0.5) is 5.69 Å². The number of hydrogen-bond donors (Lipinski definition) is 2. The molecule has 3 rings (SSSR count). The number of halogens is 1. The molecule has 0 aromatic heterocycles. The molecule has 0 atom stereocenters. The number of methoxy groups -OCH3 is 1. The topological polar surface area (TPSA) is 68.8 Å². The number of carbonyl (C=O) groups is 1. The summed E-state index contributed by atoms with van der Waals surface area (Å²) in [6, 6.07) is 19.5. The van der Waals surface area contributed by atoms with Gasteiger partial charge in [0.1, 0.15) is 5.75 Å². The Bertz CT molecular complexity index is 1070. The number of benzene rings is 3. The van der Waals surface area contributed by atoms with Crippen molar-refractivity contribution in [2.45, 2.75) is 26.8 Å². The SMILES string of the molecule is CCOc1cc(CNCCc2ccc(OC)cc2)c(Br)cc1OCC(=O)Nc1ccc(C)cc1. The molecule has 0 spiro atoms. The molecule has 2 N–H and O–H groups in total. The molecule has 34 heavy (non-hydrogen) atoms. The summed E-state index contributed by atoms with van der Waals surface area (Å²) < 4.78 is 17.7. The van der Waals surface area contributed by atoms with E-state index in [9.17, 15) is 4.79 Å². The molecular weight excluding hydrogens is 496 g/mol. The lowest BCUT2D eigenvalue weighted by Gasteiger charge is -2.15. The molecule has 0 bridgehead atoms. The summed E-state index contributed by atoms with van der Waals surface area (Å²) in [5.41, 5.74) is 4.17. The first-order valence-corrected chi connectivity index (χ1v) is 12.1. The van der Waals surface area contributed by atoms with Crippen LogP contribution >= 0.6 is 15.9 Å². The van der Waals surface area contributed by atoms with Crippen molar-refractivity contribution in [2.75, 3.05) is 32.2 Å². The maximum atomic E-state index is 12.3. The Balaban J connectivity index is 1.54. The van der Waals surface area contributed by atoms with Crippen LogP contribution in [0.15, 0.2) is 65.1 Å². The third-order valence-corrected chi connectivity index (χ3v) is 5.91. The number of carbonyl (C=O) groups excluding carboxylic acids is 1. The highest BCUT2D eigenvalue weighted by molar-refractivity contribution is 9.10. The highest BCUT2D eigenvalue weighted by atomic mass is 79.9. The molecule has 0 saturated heterocycles. The minimum atomic E-state index is -0.230. The van der Waals surface area contributed by atoms with Crippen LogP contribution in [0.2, 0.25) is 0 Å². The lowest BCUT2D eigenvalue weighted by atomic mass is 10.1. The van der Waals surface area contributed by atoms with Gasteiger partial charge in [-0.25, -0.2) is 0 Å². The number of aryl methyl sites for hydroxylation is 1. The zero-order chi connectivity index (χ0) is 24.3. The predicted octanol–water partition coefficient (Wildman–Crippen LogP) is 5.51. The number of ether oxygens (including phenoxy) is 3. The van der Waals surface area contributed by atoms with Crippen LogP contribution in [0.1, 0.15) is 23.6 Å². The van der Waals surface area contributed by atoms with E-state index in [1.54, 1.807) is 7.11 Å². The summed E-state index contributed by atoms with van der Waals surface area (Å²) in [6.07, 6.45) is 0.914. The predicted molar refractivity (Wildman–Crippen MR) is 139 cm³/mol. The van der Waals surface area contributed by atoms with Crippen molar-refractivity contribution in [3.05, 3.63) is 81.8 Å². The minimum absolute atomic E-state index is 0.111. The molecule has 3 aromatic rings. The van der Waals surface area contributed by atoms with E-state index < -0.39 is 0 Å². The van der Waals surface area contributed by atoms with Crippen molar-refractivity contribution in [3.63, 3.8) is 0 Å². The normalized spacial score (nSPS) is 10.6. The summed E-state index contributed by atoms with van der Waals surface area (Å²) in [4.78, 5) is 12.3. The standard InChI is InChI=1S/C27H31BrN2O4/c1-4-33-25-15-21(17-29-14-13-20-7-11-23(32-3)12-8-20)24(28)16-26(25)34-18-27(31)30-22-9-5-19(2)6-10-22/h5-12,15-16,29H,4,13-14,17-18H2,1-3H3,(H,30,31). The van der Waals surface area contributed by atoms with Crippen molar-refractivity contribution in [3.8, 4) is 17.2 Å². The number of hydrogen-bond acceptors (Lipinski definition) is 5. The van der Waals surface area contributed by atoms with Gasteiger partial charge in [0.25, 0.3) is 5.91 Å². The first kappa shape index (κ1) is 25.6. The zero-order valence-electron chi connectivity index (χ0n) is 19.8. The highest BCUT2D eigenvalue weighted by Crippen LogP contribution is 2.34. The van der Waals surface area contributed by atoms with Crippen LogP contribution in [0.5, 0.6) is 17.2 Å². The molecule has 0 unspecified atom stereocenters. The van der Waals surface area contributed by atoms with E-state index >= 15 is 0 Å². The van der Waals surface area contributed by atoms with E-state index in [1.807, 2.05) is 62.4 Å². The Hall–Kier alpha value is -3.03. The van der Waals surface area contributed by atoms with E-state index in [0.717, 1.165) is 40.0 Å². The molecule has 0 radical (unpaired) electrons. The molecule has 0 aliphatic carbocycles. The maximum Gasteiger partial charge on any atom is 0.262 e. The smallest absolute Gasteiger partial charge is 0.262 e. The van der Waals surface area contributed by atoms with Gasteiger partial charge in [-0.05, 0) is 74.3 Å². The van der Waals surface area contributed by atoms with Gasteiger partial charge >= 0.3 is 0 Å². The average Bonchev–Trinajstić information content (AvgIpc) is 2.84. The second-order valence-electron chi connectivity index (χ2n) is 7.80. The first-order valence-electron chi connectivity index (χ1n) is 11.3. The molecule has 6 nitrogen and oxygen atoms in total. The Morgan fingerprint density at radius 1 is 0.971 bits per heavy atom. The van der Waals surface area contributed by atoms with Crippen molar-refractivity contribution < 1.29 is 19.0 Å². The quantitative estimate of drug-likeness (QED) is 0.304. The number of amides is 1. The van der Waals surface area contributed by atoms with Crippen LogP contribution in [-0.2, 0) is 17.8 Å². The Labute approximate surface area is 209 Å². The molecule has 0 heterocycles. The van der Waals surface area contributed by atoms with Crippen LogP contribution in [0.3, 0.4) is 0 Å². The van der Waals surface area contributed by atoms with Gasteiger partial charge in [0, 0.05) is 16.7 Å². The van der Waals surface area contributed by atoms with Crippen molar-refractivity contribution >= 4 is 27.5 Å². The molecule has 1 amide bonds. The summed E-state index contributed by atoms with van der Waals surface area (Å²) in [5.74, 6) is 1.77. The fourth-order valence-corrected chi connectivity index (χ4v) is 3.78. The number of nitrogens with one attached hydrogen (secondary N) is 2. The Morgan fingerprint density at radius 3 is 2.35 bits per heavy atom. The Morgan fingerprint density at radius 2 is 1.68 bits per heavy atom. The van der Waals surface area contributed by atoms with Gasteiger partial charge in [-0.1, -0.05) is 45.8 Å². The summed E-state index contributed by atoms with van der Waals surface area (Å²) in [6.45, 7) is 5.81. The fourth-order valence-electron chi connectivity index (χ4n) is 3.32. The summed E-state index contributed by atoms with van der Waals surface area (Å²) in [7, 11) is 1.67. The van der Waals surface area contributed by atoms with Crippen LogP contribution in [0.25, 0.3) is 0 Å². The molecule has 7 heteroatoms. The van der Waals surface area contributed by atoms with E-state index in [0.29, 0.717) is 24.7 Å². The van der Waals surface area contributed by atoms with E-state index in [4.69, 9.17) is 14.2 Å². The maximum absolute atomic E-state index is 12.3. The van der Waals surface area contributed by atoms with Crippen LogP contribution in [0, 0.1) is 6.92 Å². The molecule has 0 saturated carbocycles. The van der Waals surface area contributed by atoms with Gasteiger partial charge in [-0.2, -0.15) is 0 Å². The lowest BCUT2D eigenvalue weighted by molar-refractivity contribution is -0.118. The van der Waals surface area contributed by atoms with Crippen molar-refractivity contribution in [1.29, 1.82) is 0 Å². The van der Waals surface area contributed by atoms with Crippen LogP contribution in [-0.4, -0.2) is 32.8 Å². The first-order chi connectivity index (χ1) is 16.5. The largest absolute Gasteiger partial charge is 0.497 e. The van der Waals surface area contributed by atoms with Crippen molar-refractivity contribution in [2.24, 2.45) is 0 Å². The Kier molecular flexibility index (Phi) is 9.79. The molecular formula is C27H31BrN2O4. The fraction of sp³-hybridized carbons (Fsp3) is 0.296. The van der Waals surface area contributed by atoms with E-state index in [2.05, 4.69) is 38.7 Å². The van der Waals surface area contributed by atoms with Crippen LogP contribution < -0.4 is 24.8 Å². The minimum Gasteiger partial charge on any atom is -0.497 e. The van der Waals surface area contributed by atoms with Gasteiger partial charge in [0.15, 0.2) is 18.1 Å². The van der Waals surface area contributed by atoms with Gasteiger partial charge in [0.2, 0.25) is 0 Å². The number of anilines is 1. The highest BCUT2D eigenvalue weighted by Gasteiger charge is 2.13. The second kappa shape index (κ2) is 13.0. The third-order valence-electron chi connectivity index (χ3n) is 5.17. The second-order valence-corrected chi connectivity index (χ2v) is 8.66. The van der Waals surface area contributed by atoms with E-state index in [-0.39, 0.29) is 12.5 Å². The third kappa shape index (κ3) is 7.78. The monoisotopic (exact) mass is 526 g/mol. The lowest BCUT2D eigenvalue weighted by Crippen LogP contribution is -2.20. The zero-order valence-corrected chi connectivity index (χ0v) is 21.4. The van der Waals surface area contributed by atoms with Gasteiger partial charge in [0.05, 0.1) is 13.7 Å². The van der Waals surface area contributed by atoms with E-state index in [1.165, 1.54) is 5.56 Å². The summed E-state index contributed by atoms with van der Waals surface area (Å²) in [5, 5.41) is 6.31. The average molecular weight is 527 g/mol. The molecule has 0 fully saturated rings. The van der Waals surface area contributed by atoms with Gasteiger partial charge in [-0.3, -0.25) is 4.79 Å².